The molecule has 0 bridgehead atoms. The number of sulfonamides is 1. The Morgan fingerprint density at radius 1 is 1.03 bits per heavy atom. The molecule has 0 atom stereocenters. The number of primary sulfonamides is 1. The summed E-state index contributed by atoms with van der Waals surface area (Å²) in [6.45, 7) is 0. The number of rotatable bonds is 3. The van der Waals surface area contributed by atoms with Crippen molar-refractivity contribution in [3.05, 3.63) is 82.6 Å². The molecule has 6 nitrogen and oxygen atoms in total. The highest BCUT2D eigenvalue weighted by Crippen LogP contribution is 2.41. The number of hydrogen-bond donors (Lipinski definition) is 1. The maximum atomic E-state index is 11.4. The molecule has 2 heterocycles. The maximum Gasteiger partial charge on any atom is 0.238 e. The van der Waals surface area contributed by atoms with Crippen molar-refractivity contribution in [2.45, 2.75) is 23.7 Å². The van der Waals surface area contributed by atoms with Crippen molar-refractivity contribution in [1.82, 2.24) is 14.6 Å². The van der Waals surface area contributed by atoms with Crippen LogP contribution in [0.3, 0.4) is 0 Å². The van der Waals surface area contributed by atoms with E-state index in [0.717, 1.165) is 29.8 Å². The molecule has 5 rings (SSSR count). The SMILES string of the molecule is NS(=O)(=O)c1ccc(C#Cc2cnn3c(C4CC4)cc(-c4ccc(Cl)cc4)nc23)cc1. The fourth-order valence-corrected chi connectivity index (χ4v) is 4.02. The highest BCUT2D eigenvalue weighted by Gasteiger charge is 2.28. The zero-order valence-corrected chi connectivity index (χ0v) is 17.9. The van der Waals surface area contributed by atoms with E-state index in [1.54, 1.807) is 18.3 Å². The van der Waals surface area contributed by atoms with Crippen molar-refractivity contribution in [2.75, 3.05) is 0 Å². The number of fused-ring (bicyclic) bond motifs is 1. The van der Waals surface area contributed by atoms with Gasteiger partial charge in [-0.2, -0.15) is 5.10 Å². The van der Waals surface area contributed by atoms with Gasteiger partial charge in [0.1, 0.15) is 0 Å². The van der Waals surface area contributed by atoms with Gasteiger partial charge in [0, 0.05) is 27.8 Å². The van der Waals surface area contributed by atoms with Crippen LogP contribution in [-0.4, -0.2) is 23.0 Å². The molecule has 31 heavy (non-hydrogen) atoms. The Balaban J connectivity index is 1.57. The molecule has 1 aliphatic carbocycles. The molecule has 2 N–H and O–H groups in total. The van der Waals surface area contributed by atoms with E-state index in [2.05, 4.69) is 23.0 Å². The van der Waals surface area contributed by atoms with Crippen LogP contribution in [0.15, 0.2) is 65.7 Å². The molecule has 0 spiro atoms. The molecule has 0 saturated heterocycles. The normalized spacial score (nSPS) is 13.7. The molecular formula is C23H17ClN4O2S. The highest BCUT2D eigenvalue weighted by atomic mass is 35.5. The Morgan fingerprint density at radius 2 is 1.74 bits per heavy atom. The minimum Gasteiger partial charge on any atom is -0.227 e. The van der Waals surface area contributed by atoms with Crippen molar-refractivity contribution >= 4 is 27.3 Å². The molecule has 4 aromatic rings. The average Bonchev–Trinajstić information content (AvgIpc) is 3.52. The molecule has 1 aliphatic rings. The number of hydrogen-bond acceptors (Lipinski definition) is 4. The van der Waals surface area contributed by atoms with E-state index >= 15 is 0 Å². The summed E-state index contributed by atoms with van der Waals surface area (Å²) in [5.74, 6) is 6.65. The van der Waals surface area contributed by atoms with Crippen LogP contribution in [-0.2, 0) is 10.0 Å². The summed E-state index contributed by atoms with van der Waals surface area (Å²) in [4.78, 5) is 4.88. The number of aromatic nitrogens is 3. The molecular weight excluding hydrogens is 432 g/mol. The minimum atomic E-state index is -3.73. The summed E-state index contributed by atoms with van der Waals surface area (Å²) in [5, 5.41) is 10.3. The molecule has 0 unspecified atom stereocenters. The largest absolute Gasteiger partial charge is 0.238 e. The lowest BCUT2D eigenvalue weighted by molar-refractivity contribution is 0.598. The monoisotopic (exact) mass is 448 g/mol. The third-order valence-electron chi connectivity index (χ3n) is 5.16. The molecule has 8 heteroatoms. The van der Waals surface area contributed by atoms with Gasteiger partial charge in [-0.3, -0.25) is 0 Å². The average molecular weight is 449 g/mol. The highest BCUT2D eigenvalue weighted by molar-refractivity contribution is 7.89. The van der Waals surface area contributed by atoms with Crippen LogP contribution >= 0.6 is 11.6 Å². The number of nitrogens with two attached hydrogens (primary N) is 1. The Hall–Kier alpha value is -3.18. The molecule has 2 aromatic heterocycles. The topological polar surface area (TPSA) is 90.4 Å². The van der Waals surface area contributed by atoms with Gasteiger partial charge in [0.2, 0.25) is 10.0 Å². The summed E-state index contributed by atoms with van der Waals surface area (Å²) in [6.07, 6.45) is 3.98. The van der Waals surface area contributed by atoms with E-state index in [-0.39, 0.29) is 4.90 Å². The van der Waals surface area contributed by atoms with Gasteiger partial charge in [0.25, 0.3) is 0 Å². The van der Waals surface area contributed by atoms with Crippen LogP contribution in [0, 0.1) is 11.8 Å². The van der Waals surface area contributed by atoms with Gasteiger partial charge in [-0.1, -0.05) is 35.6 Å². The van der Waals surface area contributed by atoms with Crippen molar-refractivity contribution in [1.29, 1.82) is 0 Å². The van der Waals surface area contributed by atoms with E-state index in [1.807, 2.05) is 28.8 Å². The maximum absolute atomic E-state index is 11.4. The summed E-state index contributed by atoms with van der Waals surface area (Å²) in [6, 6.07) is 15.8. The summed E-state index contributed by atoms with van der Waals surface area (Å²) >= 11 is 6.03. The number of nitrogens with zero attached hydrogens (tertiary/aromatic N) is 3. The third-order valence-corrected chi connectivity index (χ3v) is 6.34. The first-order chi connectivity index (χ1) is 14.9. The van der Waals surface area contributed by atoms with Gasteiger partial charge in [0.15, 0.2) is 5.65 Å². The van der Waals surface area contributed by atoms with Crippen LogP contribution in [0.5, 0.6) is 0 Å². The lowest BCUT2D eigenvalue weighted by atomic mass is 10.1. The first-order valence-electron chi connectivity index (χ1n) is 9.68. The van der Waals surface area contributed by atoms with Crippen LogP contribution in [0.25, 0.3) is 16.9 Å². The predicted octanol–water partition coefficient (Wildman–Crippen LogP) is 3.97. The molecule has 0 aliphatic heterocycles. The second-order valence-electron chi connectivity index (χ2n) is 7.46. The zero-order valence-electron chi connectivity index (χ0n) is 16.3. The fourth-order valence-electron chi connectivity index (χ4n) is 3.38. The molecule has 0 amide bonds. The van der Waals surface area contributed by atoms with E-state index < -0.39 is 10.0 Å². The number of halogens is 1. The quantitative estimate of drug-likeness (QED) is 0.480. The van der Waals surface area contributed by atoms with Crippen molar-refractivity contribution in [3.63, 3.8) is 0 Å². The Bertz CT molecular complexity index is 1460. The van der Waals surface area contributed by atoms with E-state index in [0.29, 0.717) is 27.7 Å². The standard InChI is InChI=1S/C23H17ClN4O2S/c24-19-9-7-16(8-10-19)21-13-22(17-5-6-17)28-23(27-21)18(14-26-28)4-1-15-2-11-20(12-3-15)31(25,29)30/h2-3,7-14,17H,5-6H2,(H2,25,29,30). The zero-order chi connectivity index (χ0) is 21.6. The van der Waals surface area contributed by atoms with Gasteiger partial charge in [-0.25, -0.2) is 23.1 Å². The van der Waals surface area contributed by atoms with E-state index in [9.17, 15) is 8.42 Å². The van der Waals surface area contributed by atoms with Gasteiger partial charge < -0.3 is 0 Å². The van der Waals surface area contributed by atoms with Crippen LogP contribution in [0.1, 0.15) is 35.6 Å². The molecule has 0 radical (unpaired) electrons. The van der Waals surface area contributed by atoms with Gasteiger partial charge >= 0.3 is 0 Å². The Morgan fingerprint density at radius 3 is 2.39 bits per heavy atom. The lowest BCUT2D eigenvalue weighted by Gasteiger charge is -2.08. The first-order valence-corrected chi connectivity index (χ1v) is 11.6. The second kappa shape index (κ2) is 7.50. The van der Waals surface area contributed by atoms with E-state index in [1.165, 1.54) is 12.1 Å². The molecule has 154 valence electrons. The van der Waals surface area contributed by atoms with Gasteiger partial charge in [-0.05, 0) is 55.3 Å². The van der Waals surface area contributed by atoms with Crippen LogP contribution in [0.2, 0.25) is 5.02 Å². The Labute approximate surface area is 184 Å². The van der Waals surface area contributed by atoms with Crippen molar-refractivity contribution < 1.29 is 8.42 Å². The smallest absolute Gasteiger partial charge is 0.227 e. The Kier molecular flexibility index (Phi) is 4.78. The first kappa shape index (κ1) is 19.8. The fraction of sp³-hybridized carbons (Fsp3) is 0.130. The van der Waals surface area contributed by atoms with Gasteiger partial charge in [0.05, 0.1) is 22.3 Å². The summed E-state index contributed by atoms with van der Waals surface area (Å²) in [7, 11) is -3.73. The summed E-state index contributed by atoms with van der Waals surface area (Å²) < 4.78 is 24.7. The van der Waals surface area contributed by atoms with Gasteiger partial charge in [-0.15, -0.1) is 0 Å². The molecule has 2 aromatic carbocycles. The van der Waals surface area contributed by atoms with Crippen molar-refractivity contribution in [2.24, 2.45) is 5.14 Å². The number of benzene rings is 2. The van der Waals surface area contributed by atoms with Crippen molar-refractivity contribution in [3.8, 4) is 23.1 Å². The minimum absolute atomic E-state index is 0.0531. The van der Waals surface area contributed by atoms with Crippen LogP contribution in [0.4, 0.5) is 0 Å². The predicted molar refractivity (Wildman–Crippen MR) is 119 cm³/mol. The summed E-state index contributed by atoms with van der Waals surface area (Å²) in [5.41, 5.74) is 5.03. The van der Waals surface area contributed by atoms with Crippen LogP contribution < -0.4 is 5.14 Å². The third kappa shape index (κ3) is 4.06. The molecule has 1 fully saturated rings. The van der Waals surface area contributed by atoms with E-state index in [4.69, 9.17) is 21.7 Å². The lowest BCUT2D eigenvalue weighted by Crippen LogP contribution is -2.11. The molecule has 1 saturated carbocycles. The second-order valence-corrected chi connectivity index (χ2v) is 9.46.